The first kappa shape index (κ1) is 16.4. The van der Waals surface area contributed by atoms with Gasteiger partial charge in [-0.3, -0.25) is 9.59 Å². The molecule has 1 unspecified atom stereocenters. The Bertz CT molecular complexity index is 935. The number of carbonyl (C=O) groups excluding carboxylic acids is 1. The van der Waals surface area contributed by atoms with Crippen molar-refractivity contribution in [3.63, 3.8) is 0 Å². The Labute approximate surface area is 144 Å². The van der Waals surface area contributed by atoms with Gasteiger partial charge in [0.2, 0.25) is 0 Å². The summed E-state index contributed by atoms with van der Waals surface area (Å²) < 4.78 is 0. The highest BCUT2D eigenvalue weighted by molar-refractivity contribution is 6.32. The van der Waals surface area contributed by atoms with Crippen LogP contribution in [0.2, 0.25) is 5.02 Å². The van der Waals surface area contributed by atoms with Crippen LogP contribution < -0.4 is 10.9 Å². The summed E-state index contributed by atoms with van der Waals surface area (Å²) in [6, 6.07) is 14.4. The third-order valence-corrected chi connectivity index (χ3v) is 4.40. The van der Waals surface area contributed by atoms with E-state index in [1.165, 1.54) is 0 Å². The number of aromatic nitrogens is 1. The summed E-state index contributed by atoms with van der Waals surface area (Å²) >= 11 is 6.29. The third kappa shape index (κ3) is 3.25. The largest absolute Gasteiger partial charge is 0.329 e. The number of rotatable bonds is 5. The van der Waals surface area contributed by atoms with E-state index in [-0.39, 0.29) is 17.8 Å². The molecule has 0 saturated heterocycles. The molecule has 0 bridgehead atoms. The smallest absolute Gasteiger partial charge is 0.255 e. The highest BCUT2D eigenvalue weighted by Crippen LogP contribution is 2.24. The number of hydrogen-bond acceptors (Lipinski definition) is 3. The molecule has 3 rings (SSSR count). The molecule has 1 aromatic heterocycles. The molecule has 3 aromatic rings. The van der Waals surface area contributed by atoms with Crippen molar-refractivity contribution in [2.75, 3.05) is 7.05 Å². The second-order valence-corrected chi connectivity index (χ2v) is 6.02. The molecule has 0 spiro atoms. The lowest BCUT2D eigenvalue weighted by molar-refractivity contribution is -0.120. The predicted molar refractivity (Wildman–Crippen MR) is 96.5 cm³/mol. The number of benzene rings is 2. The molecule has 2 N–H and O–H groups in total. The van der Waals surface area contributed by atoms with Gasteiger partial charge in [0, 0.05) is 23.0 Å². The maximum Gasteiger partial charge on any atom is 0.255 e. The summed E-state index contributed by atoms with van der Waals surface area (Å²) in [6.07, 6.45) is 1.78. The fourth-order valence-corrected chi connectivity index (χ4v) is 3.07. The second-order valence-electron chi connectivity index (χ2n) is 5.61. The molecule has 0 aliphatic rings. The highest BCUT2D eigenvalue weighted by Gasteiger charge is 2.20. The van der Waals surface area contributed by atoms with Crippen LogP contribution in [0.3, 0.4) is 0 Å². The average Bonchev–Trinajstić information content (AvgIpc) is 2.58. The zero-order valence-electron chi connectivity index (χ0n) is 13.2. The van der Waals surface area contributed by atoms with Crippen LogP contribution in [0.4, 0.5) is 0 Å². The monoisotopic (exact) mass is 340 g/mol. The summed E-state index contributed by atoms with van der Waals surface area (Å²) in [5.74, 6) is 0.0230. The van der Waals surface area contributed by atoms with Crippen LogP contribution in [0, 0.1) is 0 Å². The van der Waals surface area contributed by atoms with Crippen molar-refractivity contribution >= 4 is 28.2 Å². The molecule has 24 heavy (non-hydrogen) atoms. The van der Waals surface area contributed by atoms with Crippen LogP contribution >= 0.6 is 11.6 Å². The van der Waals surface area contributed by atoms with E-state index in [9.17, 15) is 9.59 Å². The third-order valence-electron chi connectivity index (χ3n) is 4.05. The van der Waals surface area contributed by atoms with Gasteiger partial charge in [-0.05, 0) is 41.8 Å². The van der Waals surface area contributed by atoms with E-state index in [0.717, 1.165) is 16.5 Å². The van der Waals surface area contributed by atoms with Crippen LogP contribution in [-0.4, -0.2) is 17.8 Å². The number of fused-ring (bicyclic) bond motifs is 1. The Kier molecular flexibility index (Phi) is 4.79. The van der Waals surface area contributed by atoms with Crippen LogP contribution in [0.5, 0.6) is 0 Å². The minimum atomic E-state index is -0.392. The number of likely N-dealkylation sites (N-methyl/N-ethyl adjacent to an activating group) is 1. The lowest BCUT2D eigenvalue weighted by Gasteiger charge is -2.16. The van der Waals surface area contributed by atoms with Crippen LogP contribution in [0.15, 0.2) is 59.5 Å². The summed E-state index contributed by atoms with van der Waals surface area (Å²) in [5, 5.41) is 4.77. The van der Waals surface area contributed by atoms with E-state index in [1.807, 2.05) is 36.4 Å². The zero-order chi connectivity index (χ0) is 17.1. The number of ketones is 1. The molecule has 1 atom stereocenters. The number of hydrogen-bond donors (Lipinski definition) is 2. The van der Waals surface area contributed by atoms with Gasteiger partial charge in [-0.25, -0.2) is 0 Å². The van der Waals surface area contributed by atoms with E-state index in [2.05, 4.69) is 10.3 Å². The number of aromatic amines is 1. The van der Waals surface area contributed by atoms with Crippen molar-refractivity contribution in [1.29, 1.82) is 0 Å². The molecule has 0 fully saturated rings. The van der Waals surface area contributed by atoms with Crippen LogP contribution in [0.1, 0.15) is 17.2 Å². The predicted octanol–water partition coefficient (Wildman–Crippen LogP) is 3.25. The number of Topliss-reactive ketones (excluding diaryl/α,β-unsaturated/α-hetero) is 1. The van der Waals surface area contributed by atoms with E-state index in [1.54, 1.807) is 25.4 Å². The summed E-state index contributed by atoms with van der Waals surface area (Å²) in [6.45, 7) is 0. The minimum Gasteiger partial charge on any atom is -0.329 e. The maximum absolute atomic E-state index is 12.7. The molecule has 122 valence electrons. The first-order valence-electron chi connectivity index (χ1n) is 7.65. The average molecular weight is 341 g/mol. The van der Waals surface area contributed by atoms with E-state index in [0.29, 0.717) is 10.4 Å². The molecule has 5 heteroatoms. The van der Waals surface area contributed by atoms with Crippen molar-refractivity contribution in [3.8, 4) is 0 Å². The fourth-order valence-electron chi connectivity index (χ4n) is 2.84. The second kappa shape index (κ2) is 6.99. The SMILES string of the molecule is CNC(C(=O)Cc1cc2cc[nH]c(=O)c2cc1Cl)c1ccccc1. The molecule has 4 nitrogen and oxygen atoms in total. The summed E-state index contributed by atoms with van der Waals surface area (Å²) in [7, 11) is 1.76. The Morgan fingerprint density at radius 2 is 1.96 bits per heavy atom. The zero-order valence-corrected chi connectivity index (χ0v) is 13.9. The first-order valence-corrected chi connectivity index (χ1v) is 8.02. The summed E-state index contributed by atoms with van der Waals surface area (Å²) in [5.41, 5.74) is 1.44. The van der Waals surface area contributed by atoms with Crippen molar-refractivity contribution in [1.82, 2.24) is 10.3 Å². The topological polar surface area (TPSA) is 62.0 Å². The standard InChI is InChI=1S/C19H17ClN2O2/c1-21-18(12-5-3-2-4-6-12)17(23)10-14-9-13-7-8-22-19(24)15(13)11-16(14)20/h2-9,11,18,21H,10H2,1H3,(H,22,24). The summed E-state index contributed by atoms with van der Waals surface area (Å²) in [4.78, 5) is 27.1. The maximum atomic E-state index is 12.7. The Hall–Kier alpha value is -2.43. The van der Waals surface area contributed by atoms with E-state index < -0.39 is 6.04 Å². The lowest BCUT2D eigenvalue weighted by atomic mass is 9.96. The highest BCUT2D eigenvalue weighted by atomic mass is 35.5. The van der Waals surface area contributed by atoms with Crippen molar-refractivity contribution in [2.24, 2.45) is 0 Å². The number of H-pyrrole nitrogens is 1. The molecule has 1 heterocycles. The van der Waals surface area contributed by atoms with Gasteiger partial charge in [-0.2, -0.15) is 0 Å². The number of nitrogens with one attached hydrogen (secondary N) is 2. The number of carbonyl (C=O) groups is 1. The molecule has 2 aromatic carbocycles. The molecule has 0 radical (unpaired) electrons. The molecule has 0 aliphatic carbocycles. The Balaban J connectivity index is 1.92. The van der Waals surface area contributed by atoms with Crippen molar-refractivity contribution < 1.29 is 4.79 Å². The number of halogens is 1. The molecule has 0 saturated carbocycles. The minimum absolute atomic E-state index is 0.0230. The van der Waals surface area contributed by atoms with Gasteiger partial charge < -0.3 is 10.3 Å². The molecular formula is C19H17ClN2O2. The van der Waals surface area contributed by atoms with Gasteiger partial charge in [0.1, 0.15) is 0 Å². The first-order chi connectivity index (χ1) is 11.6. The van der Waals surface area contributed by atoms with E-state index >= 15 is 0 Å². The lowest BCUT2D eigenvalue weighted by Crippen LogP contribution is -2.26. The fraction of sp³-hybridized carbons (Fsp3) is 0.158. The van der Waals surface area contributed by atoms with E-state index in [4.69, 9.17) is 11.6 Å². The van der Waals surface area contributed by atoms with Gasteiger partial charge in [-0.1, -0.05) is 41.9 Å². The van der Waals surface area contributed by atoms with Crippen molar-refractivity contribution in [2.45, 2.75) is 12.5 Å². The number of pyridine rings is 1. The van der Waals surface area contributed by atoms with Gasteiger partial charge in [0.15, 0.2) is 5.78 Å². The molecular weight excluding hydrogens is 324 g/mol. The quantitative estimate of drug-likeness (QED) is 0.749. The van der Waals surface area contributed by atoms with Gasteiger partial charge in [0.25, 0.3) is 5.56 Å². The van der Waals surface area contributed by atoms with Gasteiger partial charge in [0.05, 0.1) is 6.04 Å². The molecule has 0 amide bonds. The molecule has 0 aliphatic heterocycles. The Morgan fingerprint density at radius 1 is 1.21 bits per heavy atom. The van der Waals surface area contributed by atoms with Crippen LogP contribution in [-0.2, 0) is 11.2 Å². The normalized spacial score (nSPS) is 12.2. The Morgan fingerprint density at radius 3 is 2.67 bits per heavy atom. The van der Waals surface area contributed by atoms with Crippen molar-refractivity contribution in [3.05, 3.63) is 81.2 Å². The van der Waals surface area contributed by atoms with Gasteiger partial charge in [-0.15, -0.1) is 0 Å². The van der Waals surface area contributed by atoms with Gasteiger partial charge >= 0.3 is 0 Å². The van der Waals surface area contributed by atoms with Crippen LogP contribution in [0.25, 0.3) is 10.8 Å².